The Bertz CT molecular complexity index is 301. The Morgan fingerprint density at radius 3 is 2.08 bits per heavy atom. The molecule has 0 unspecified atom stereocenters. The second-order valence-electron chi connectivity index (χ2n) is 2.62. The molecule has 0 radical (unpaired) electrons. The molecule has 65 valence electrons. The Balaban J connectivity index is 0.000000132. The van der Waals surface area contributed by atoms with E-state index in [1.165, 1.54) is 6.42 Å². The Hall–Kier alpha value is -0.127. The molecule has 1 aromatic rings. The van der Waals surface area contributed by atoms with Crippen LogP contribution in [-0.2, 0) is 24.7 Å². The molecule has 1 aliphatic carbocycles. The van der Waals surface area contributed by atoms with E-state index in [-0.39, 0.29) is 0 Å². The zero-order valence-electron chi connectivity index (χ0n) is 7.20. The standard InChI is InChI=1S/C6H5Cl.C5H5.Zr/c7-6-4-2-1-3-5-6;1-2-4-5-3-1;/h1-5H;1-3H,4H2;. The predicted octanol–water partition coefficient (Wildman–Crippen LogP) is 3.72. The molecule has 0 nitrogen and oxygen atoms in total. The van der Waals surface area contributed by atoms with Crippen molar-refractivity contribution >= 4 is 11.6 Å². The molecule has 1 aromatic carbocycles. The summed E-state index contributed by atoms with van der Waals surface area (Å²) >= 11 is 7.10. The van der Waals surface area contributed by atoms with Gasteiger partial charge in [0, 0.05) is 5.02 Å². The Morgan fingerprint density at radius 1 is 1.15 bits per heavy atom. The van der Waals surface area contributed by atoms with Crippen molar-refractivity contribution in [1.29, 1.82) is 0 Å². The van der Waals surface area contributed by atoms with E-state index in [0.29, 0.717) is 0 Å². The summed E-state index contributed by atoms with van der Waals surface area (Å²) in [7, 11) is 0. The molecule has 1 aliphatic rings. The average Bonchev–Trinajstić information content (AvgIpc) is 2.58. The van der Waals surface area contributed by atoms with Crippen LogP contribution in [-0.4, -0.2) is 0 Å². The quantitative estimate of drug-likeness (QED) is 0.673. The van der Waals surface area contributed by atoms with Crippen LogP contribution < -0.4 is 0 Å². The van der Waals surface area contributed by atoms with Crippen LogP contribution in [0.15, 0.2) is 51.8 Å². The Kier molecular flexibility index (Phi) is 5.35. The monoisotopic (exact) mass is 267 g/mol. The van der Waals surface area contributed by atoms with E-state index >= 15 is 0 Å². The van der Waals surface area contributed by atoms with Gasteiger partial charge in [-0.25, -0.2) is 0 Å². The fourth-order valence-corrected chi connectivity index (χ4v) is 1.53. The van der Waals surface area contributed by atoms with Gasteiger partial charge in [0.05, 0.1) is 0 Å². The molecule has 0 heterocycles. The van der Waals surface area contributed by atoms with E-state index in [9.17, 15) is 0 Å². The van der Waals surface area contributed by atoms with Gasteiger partial charge in [0.25, 0.3) is 0 Å². The maximum absolute atomic E-state index is 5.54. The van der Waals surface area contributed by atoms with Crippen molar-refractivity contribution in [2.75, 3.05) is 0 Å². The van der Waals surface area contributed by atoms with Gasteiger partial charge in [-0.15, -0.1) is 0 Å². The van der Waals surface area contributed by atoms with Crippen LogP contribution in [0.2, 0.25) is 5.02 Å². The van der Waals surface area contributed by atoms with Gasteiger partial charge in [-0.05, 0) is 12.1 Å². The van der Waals surface area contributed by atoms with E-state index < -0.39 is 0 Å². The van der Waals surface area contributed by atoms with Crippen molar-refractivity contribution in [2.45, 2.75) is 6.42 Å². The molecule has 2 heteroatoms. The summed E-state index contributed by atoms with van der Waals surface area (Å²) in [6.07, 6.45) is 7.69. The summed E-state index contributed by atoms with van der Waals surface area (Å²) < 4.78 is 1.56. The molecule has 0 atom stereocenters. The van der Waals surface area contributed by atoms with Gasteiger partial charge >= 0.3 is 52.6 Å². The molecule has 0 bridgehead atoms. The van der Waals surface area contributed by atoms with E-state index in [0.717, 1.165) is 5.02 Å². The average molecular weight is 269 g/mol. The number of benzene rings is 1. The third kappa shape index (κ3) is 5.23. The van der Waals surface area contributed by atoms with E-state index in [1.807, 2.05) is 30.3 Å². The van der Waals surface area contributed by atoms with Gasteiger partial charge in [0.2, 0.25) is 0 Å². The predicted molar refractivity (Wildman–Crippen MR) is 53.3 cm³/mol. The Morgan fingerprint density at radius 2 is 1.85 bits per heavy atom. The van der Waals surface area contributed by atoms with Gasteiger partial charge in [0.1, 0.15) is 0 Å². The SMILES string of the molecule is Clc1ccccc1.[Zr][C]1=CC=CC1. The molecule has 0 saturated heterocycles. The first-order valence-corrected chi connectivity index (χ1v) is 5.67. The molecule has 0 aliphatic heterocycles. The number of hydrogen-bond donors (Lipinski definition) is 0. The van der Waals surface area contributed by atoms with E-state index in [4.69, 9.17) is 11.6 Å². The van der Waals surface area contributed by atoms with Crippen molar-refractivity contribution in [3.05, 3.63) is 56.9 Å². The molecule has 13 heavy (non-hydrogen) atoms. The first-order chi connectivity index (χ1) is 6.29. The van der Waals surface area contributed by atoms with Gasteiger partial charge in [-0.1, -0.05) is 29.8 Å². The van der Waals surface area contributed by atoms with Gasteiger partial charge in [-0.2, -0.15) is 0 Å². The number of rotatable bonds is 0. The number of hydrogen-bond acceptors (Lipinski definition) is 0. The summed E-state index contributed by atoms with van der Waals surface area (Å²) in [5, 5.41) is 0.794. The van der Waals surface area contributed by atoms with Gasteiger partial charge in [0.15, 0.2) is 0 Å². The van der Waals surface area contributed by atoms with Crippen molar-refractivity contribution < 1.29 is 24.7 Å². The summed E-state index contributed by atoms with van der Waals surface area (Å²) in [6.45, 7) is 0. The Labute approximate surface area is 99.1 Å². The second-order valence-corrected chi connectivity index (χ2v) is 4.63. The topological polar surface area (TPSA) is 0 Å². The maximum atomic E-state index is 5.54. The molecule has 0 amide bonds. The van der Waals surface area contributed by atoms with Crippen LogP contribution in [0.4, 0.5) is 0 Å². The van der Waals surface area contributed by atoms with Crippen molar-refractivity contribution in [2.24, 2.45) is 0 Å². The number of halogens is 1. The molecule has 0 fully saturated rings. The summed E-state index contributed by atoms with van der Waals surface area (Å²) in [4.78, 5) is 0. The molecule has 2 rings (SSSR count). The van der Waals surface area contributed by atoms with Crippen LogP contribution in [0, 0.1) is 0 Å². The third-order valence-corrected chi connectivity index (χ3v) is 2.67. The third-order valence-electron chi connectivity index (χ3n) is 1.50. The molecule has 0 saturated carbocycles. The van der Waals surface area contributed by atoms with Crippen LogP contribution in [0.5, 0.6) is 0 Å². The van der Waals surface area contributed by atoms with Crippen molar-refractivity contribution in [3.63, 3.8) is 0 Å². The normalized spacial score (nSPS) is 13.1. The summed E-state index contributed by atoms with van der Waals surface area (Å²) in [5.41, 5.74) is 0. The minimum atomic E-state index is 0.794. The zero-order valence-corrected chi connectivity index (χ0v) is 10.4. The van der Waals surface area contributed by atoms with E-state index in [2.05, 4.69) is 18.2 Å². The zero-order chi connectivity index (χ0) is 9.52. The first kappa shape index (κ1) is 11.0. The van der Waals surface area contributed by atoms with Crippen molar-refractivity contribution in [1.82, 2.24) is 0 Å². The molecular formula is C11H10ClZr. The second kappa shape index (κ2) is 6.35. The number of allylic oxidation sites excluding steroid dienone is 4. The summed E-state index contributed by atoms with van der Waals surface area (Å²) in [6, 6.07) is 9.44. The molecule has 0 N–H and O–H groups in total. The first-order valence-electron chi connectivity index (χ1n) is 4.07. The van der Waals surface area contributed by atoms with E-state index in [1.54, 1.807) is 28.0 Å². The fourth-order valence-electron chi connectivity index (χ4n) is 0.862. The van der Waals surface area contributed by atoms with Crippen LogP contribution in [0.25, 0.3) is 0 Å². The fraction of sp³-hybridized carbons (Fsp3) is 0.0909. The van der Waals surface area contributed by atoms with Crippen molar-refractivity contribution in [3.8, 4) is 0 Å². The van der Waals surface area contributed by atoms with Gasteiger partial charge < -0.3 is 0 Å². The summed E-state index contributed by atoms with van der Waals surface area (Å²) in [5.74, 6) is 0. The van der Waals surface area contributed by atoms with Crippen LogP contribution in [0.3, 0.4) is 0 Å². The molecular weight excluding hydrogens is 259 g/mol. The molecule has 0 spiro atoms. The van der Waals surface area contributed by atoms with Gasteiger partial charge in [-0.3, -0.25) is 0 Å². The van der Waals surface area contributed by atoms with Crippen LogP contribution in [0.1, 0.15) is 6.42 Å². The molecule has 0 aromatic heterocycles. The minimum absolute atomic E-state index is 0.794. The van der Waals surface area contributed by atoms with Crippen LogP contribution >= 0.6 is 11.6 Å².